The van der Waals surface area contributed by atoms with Gasteiger partial charge in [-0.05, 0) is 37.4 Å². The second-order valence-electron chi connectivity index (χ2n) is 6.82. The number of hydrogen-bond acceptors (Lipinski definition) is 9. The Bertz CT molecular complexity index is 1450. The van der Waals surface area contributed by atoms with Crippen LogP contribution in [0.5, 0.6) is 5.75 Å². The zero-order valence-corrected chi connectivity index (χ0v) is 17.0. The SMILES string of the molecule is CC(=O)c1ccc2c(/N=N/c3c(C#N)cnn3-c3ncccn3)c(O)c(C(C)=O)cc2c1. The summed E-state index contributed by atoms with van der Waals surface area (Å²) in [4.78, 5) is 32.0. The van der Waals surface area contributed by atoms with Gasteiger partial charge in [0, 0.05) is 23.3 Å². The molecule has 10 nitrogen and oxygen atoms in total. The van der Waals surface area contributed by atoms with Crippen LogP contribution < -0.4 is 0 Å². The first-order chi connectivity index (χ1) is 15.4. The molecule has 2 aromatic heterocycles. The molecule has 0 aliphatic rings. The van der Waals surface area contributed by atoms with E-state index in [-0.39, 0.29) is 45.9 Å². The van der Waals surface area contributed by atoms with Gasteiger partial charge in [0.15, 0.2) is 23.1 Å². The maximum atomic E-state index is 12.1. The lowest BCUT2D eigenvalue weighted by molar-refractivity contribution is 0.100. The average Bonchev–Trinajstić information content (AvgIpc) is 3.21. The van der Waals surface area contributed by atoms with E-state index in [4.69, 9.17) is 0 Å². The lowest BCUT2D eigenvalue weighted by Gasteiger charge is -2.09. The van der Waals surface area contributed by atoms with Crippen molar-refractivity contribution in [2.75, 3.05) is 0 Å². The molecule has 0 saturated heterocycles. The van der Waals surface area contributed by atoms with Gasteiger partial charge in [0.2, 0.25) is 0 Å². The van der Waals surface area contributed by atoms with Crippen LogP contribution in [0.25, 0.3) is 16.7 Å². The first kappa shape index (κ1) is 20.5. The number of nitriles is 1. The number of aromatic hydroxyl groups is 1. The van der Waals surface area contributed by atoms with Crippen LogP contribution in [0.4, 0.5) is 11.5 Å². The van der Waals surface area contributed by atoms with Crippen molar-refractivity contribution in [3.63, 3.8) is 0 Å². The molecule has 32 heavy (non-hydrogen) atoms. The highest BCUT2D eigenvalue weighted by Gasteiger charge is 2.18. The van der Waals surface area contributed by atoms with Crippen LogP contribution in [0.2, 0.25) is 0 Å². The standard InChI is InChI=1S/C22H15N7O3/c1-12(30)14-4-5-17-15(8-14)9-18(13(2)31)20(32)19(17)27-28-21-16(10-23)11-26-29(21)22-24-6-3-7-25-22/h3-9,11,32H,1-2H3/b28-27+. The summed E-state index contributed by atoms with van der Waals surface area (Å²) in [6, 6.07) is 9.94. The molecule has 2 heterocycles. The third kappa shape index (κ3) is 3.59. The number of ketones is 2. The Kier molecular flexibility index (Phi) is 5.22. The maximum Gasteiger partial charge on any atom is 0.252 e. The molecule has 0 amide bonds. The van der Waals surface area contributed by atoms with Gasteiger partial charge in [-0.15, -0.1) is 10.2 Å². The highest BCUT2D eigenvalue weighted by atomic mass is 16.3. The molecule has 0 fully saturated rings. The second-order valence-corrected chi connectivity index (χ2v) is 6.82. The van der Waals surface area contributed by atoms with E-state index in [2.05, 4.69) is 25.3 Å². The van der Waals surface area contributed by atoms with Gasteiger partial charge in [-0.1, -0.05) is 12.1 Å². The largest absolute Gasteiger partial charge is 0.505 e. The molecule has 0 saturated carbocycles. The minimum absolute atomic E-state index is 0.0217. The molecule has 1 N–H and O–H groups in total. The normalized spacial score (nSPS) is 11.0. The van der Waals surface area contributed by atoms with E-state index in [1.165, 1.54) is 43.2 Å². The van der Waals surface area contributed by atoms with Crippen LogP contribution >= 0.6 is 0 Å². The van der Waals surface area contributed by atoms with Gasteiger partial charge in [0.25, 0.3) is 5.95 Å². The van der Waals surface area contributed by atoms with Crippen molar-refractivity contribution >= 4 is 33.8 Å². The monoisotopic (exact) mass is 425 g/mol. The lowest BCUT2D eigenvalue weighted by atomic mass is 9.99. The highest BCUT2D eigenvalue weighted by Crippen LogP contribution is 2.40. The van der Waals surface area contributed by atoms with Gasteiger partial charge in [-0.25, -0.2) is 9.97 Å². The zero-order chi connectivity index (χ0) is 22.8. The number of nitrogens with zero attached hydrogens (tertiary/aromatic N) is 7. The summed E-state index contributed by atoms with van der Waals surface area (Å²) >= 11 is 0. The molecule has 4 aromatic rings. The fourth-order valence-corrected chi connectivity index (χ4v) is 3.13. The van der Waals surface area contributed by atoms with E-state index in [1.54, 1.807) is 24.3 Å². The van der Waals surface area contributed by atoms with Crippen molar-refractivity contribution in [2.45, 2.75) is 13.8 Å². The highest BCUT2D eigenvalue weighted by molar-refractivity contribution is 6.08. The molecular formula is C22H15N7O3. The molecule has 0 radical (unpaired) electrons. The Hall–Kier alpha value is -4.78. The van der Waals surface area contributed by atoms with Gasteiger partial charge >= 0.3 is 0 Å². The number of hydrogen-bond donors (Lipinski definition) is 1. The number of aromatic nitrogens is 4. The predicted octanol–water partition coefficient (Wildman–Crippen LogP) is 4.21. The predicted molar refractivity (Wildman–Crippen MR) is 114 cm³/mol. The molecule has 2 aromatic carbocycles. The molecule has 156 valence electrons. The zero-order valence-electron chi connectivity index (χ0n) is 17.0. The Balaban J connectivity index is 1.93. The number of carbonyl (C=O) groups excluding carboxylic acids is 2. The number of fused-ring (bicyclic) bond motifs is 1. The minimum atomic E-state index is -0.380. The summed E-state index contributed by atoms with van der Waals surface area (Å²) < 4.78 is 1.24. The Morgan fingerprint density at radius 3 is 2.50 bits per heavy atom. The van der Waals surface area contributed by atoms with Crippen molar-refractivity contribution in [3.8, 4) is 17.8 Å². The van der Waals surface area contributed by atoms with E-state index < -0.39 is 0 Å². The second kappa shape index (κ2) is 8.16. The number of Topliss-reactive ketones (excluding diaryl/α,β-unsaturated/α-hetero) is 2. The number of benzene rings is 2. The van der Waals surface area contributed by atoms with Crippen LogP contribution in [-0.2, 0) is 0 Å². The molecule has 0 atom stereocenters. The number of phenols is 1. The van der Waals surface area contributed by atoms with Gasteiger partial charge < -0.3 is 5.11 Å². The summed E-state index contributed by atoms with van der Waals surface area (Å²) in [7, 11) is 0. The molecule has 0 aliphatic heterocycles. The fourth-order valence-electron chi connectivity index (χ4n) is 3.13. The van der Waals surface area contributed by atoms with E-state index in [0.29, 0.717) is 16.3 Å². The summed E-state index contributed by atoms with van der Waals surface area (Å²) in [5.41, 5.74) is 0.624. The minimum Gasteiger partial charge on any atom is -0.505 e. The van der Waals surface area contributed by atoms with Crippen LogP contribution in [0.3, 0.4) is 0 Å². The number of rotatable bonds is 5. The van der Waals surface area contributed by atoms with Gasteiger partial charge in [-0.3, -0.25) is 9.59 Å². The van der Waals surface area contributed by atoms with E-state index in [0.717, 1.165) is 0 Å². The van der Waals surface area contributed by atoms with Crippen LogP contribution in [0.15, 0.2) is 59.2 Å². The third-order valence-electron chi connectivity index (χ3n) is 4.72. The van der Waals surface area contributed by atoms with Crippen LogP contribution in [0, 0.1) is 11.3 Å². The van der Waals surface area contributed by atoms with E-state index in [1.807, 2.05) is 6.07 Å². The molecule has 0 bridgehead atoms. The van der Waals surface area contributed by atoms with Gasteiger partial charge in [-0.2, -0.15) is 15.0 Å². The lowest BCUT2D eigenvalue weighted by Crippen LogP contribution is -2.01. The Morgan fingerprint density at radius 2 is 1.84 bits per heavy atom. The third-order valence-corrected chi connectivity index (χ3v) is 4.72. The van der Waals surface area contributed by atoms with Crippen molar-refractivity contribution < 1.29 is 14.7 Å². The smallest absolute Gasteiger partial charge is 0.252 e. The van der Waals surface area contributed by atoms with Crippen molar-refractivity contribution in [1.29, 1.82) is 5.26 Å². The van der Waals surface area contributed by atoms with Crippen molar-refractivity contribution in [2.24, 2.45) is 10.2 Å². The summed E-state index contributed by atoms with van der Waals surface area (Å²) in [6.45, 7) is 2.75. The molecule has 10 heteroatoms. The number of phenolic OH excluding ortho intramolecular Hbond substituents is 1. The maximum absolute atomic E-state index is 12.1. The Labute approximate surface area is 181 Å². The summed E-state index contributed by atoms with van der Waals surface area (Å²) in [5.74, 6) is -0.641. The Morgan fingerprint density at radius 1 is 1.09 bits per heavy atom. The van der Waals surface area contributed by atoms with Crippen molar-refractivity contribution in [3.05, 3.63) is 65.6 Å². The average molecular weight is 425 g/mol. The molecule has 4 rings (SSSR count). The van der Waals surface area contributed by atoms with Crippen LogP contribution in [0.1, 0.15) is 40.1 Å². The van der Waals surface area contributed by atoms with Gasteiger partial charge in [0.05, 0.1) is 11.8 Å². The summed E-state index contributed by atoms with van der Waals surface area (Å²) in [5, 5.41) is 33.6. The molecule has 0 unspecified atom stereocenters. The van der Waals surface area contributed by atoms with Crippen molar-refractivity contribution in [1.82, 2.24) is 19.7 Å². The number of carbonyl (C=O) groups is 2. The fraction of sp³-hybridized carbons (Fsp3) is 0.0909. The van der Waals surface area contributed by atoms with Crippen LogP contribution in [-0.4, -0.2) is 36.4 Å². The molecule has 0 spiro atoms. The van der Waals surface area contributed by atoms with E-state index >= 15 is 0 Å². The molecule has 0 aliphatic carbocycles. The quantitative estimate of drug-likeness (QED) is 0.372. The first-order valence-electron chi connectivity index (χ1n) is 9.39. The summed E-state index contributed by atoms with van der Waals surface area (Å²) in [6.07, 6.45) is 4.33. The molecular weight excluding hydrogens is 410 g/mol. The van der Waals surface area contributed by atoms with Gasteiger partial charge in [0.1, 0.15) is 17.3 Å². The first-order valence-corrected chi connectivity index (χ1v) is 9.39. The number of azo groups is 1. The van der Waals surface area contributed by atoms with E-state index in [9.17, 15) is 20.0 Å². The topological polar surface area (TPSA) is 146 Å².